The van der Waals surface area contributed by atoms with Crippen LogP contribution in [-0.4, -0.2) is 35.6 Å². The summed E-state index contributed by atoms with van der Waals surface area (Å²) in [6, 6.07) is 0.204. The van der Waals surface area contributed by atoms with Gasteiger partial charge in [-0.1, -0.05) is 20.3 Å². The van der Waals surface area contributed by atoms with Gasteiger partial charge in [0.2, 0.25) is 0 Å². The van der Waals surface area contributed by atoms with Gasteiger partial charge in [0.05, 0.1) is 5.92 Å². The van der Waals surface area contributed by atoms with Crippen LogP contribution < -0.4 is 0 Å². The van der Waals surface area contributed by atoms with Gasteiger partial charge in [-0.05, 0) is 32.4 Å². The molecule has 82 valence electrons. The quantitative estimate of drug-likeness (QED) is 0.737. The third-order valence-corrected chi connectivity index (χ3v) is 3.20. The molecule has 3 nitrogen and oxygen atoms in total. The Morgan fingerprint density at radius 1 is 1.43 bits per heavy atom. The fourth-order valence-electron chi connectivity index (χ4n) is 2.60. The first kappa shape index (κ1) is 11.5. The van der Waals surface area contributed by atoms with E-state index in [0.29, 0.717) is 5.92 Å². The second kappa shape index (κ2) is 4.78. The van der Waals surface area contributed by atoms with Gasteiger partial charge < -0.3 is 10.0 Å². The van der Waals surface area contributed by atoms with Gasteiger partial charge in [-0.25, -0.2) is 0 Å². The fourth-order valence-corrected chi connectivity index (χ4v) is 2.60. The summed E-state index contributed by atoms with van der Waals surface area (Å²) in [5, 5.41) is 9.17. The van der Waals surface area contributed by atoms with Crippen molar-refractivity contribution < 1.29 is 9.90 Å². The lowest BCUT2D eigenvalue weighted by molar-refractivity contribution is -0.144. The van der Waals surface area contributed by atoms with Gasteiger partial charge in [-0.2, -0.15) is 0 Å². The van der Waals surface area contributed by atoms with E-state index in [4.69, 9.17) is 0 Å². The first-order chi connectivity index (χ1) is 6.54. The van der Waals surface area contributed by atoms with Crippen LogP contribution in [0.4, 0.5) is 0 Å². The molecule has 14 heavy (non-hydrogen) atoms. The maximum atomic E-state index is 11.1. The molecule has 1 heterocycles. The minimum absolute atomic E-state index is 0.178. The van der Waals surface area contributed by atoms with Crippen LogP contribution >= 0.6 is 0 Å². The molecule has 0 spiro atoms. The molecule has 2 atom stereocenters. The van der Waals surface area contributed by atoms with Crippen LogP contribution in [0.15, 0.2) is 0 Å². The Morgan fingerprint density at radius 3 is 2.57 bits per heavy atom. The number of carboxylic acids is 1. The van der Waals surface area contributed by atoms with E-state index < -0.39 is 5.97 Å². The van der Waals surface area contributed by atoms with Gasteiger partial charge in [0.1, 0.15) is 0 Å². The largest absolute Gasteiger partial charge is 0.481 e. The molecule has 1 N–H and O–H groups in total. The Balaban J connectivity index is 2.81. The first-order valence-electron chi connectivity index (χ1n) is 5.47. The van der Waals surface area contributed by atoms with Crippen molar-refractivity contribution in [3.05, 3.63) is 0 Å². The van der Waals surface area contributed by atoms with Crippen LogP contribution in [0.5, 0.6) is 0 Å². The molecule has 0 aromatic rings. The molecule has 0 amide bonds. The van der Waals surface area contributed by atoms with E-state index in [1.165, 1.54) is 0 Å². The van der Waals surface area contributed by atoms with E-state index in [0.717, 1.165) is 25.8 Å². The Bertz CT molecular complexity index is 203. The van der Waals surface area contributed by atoms with Crippen LogP contribution in [0.2, 0.25) is 0 Å². The van der Waals surface area contributed by atoms with Crippen LogP contribution in [-0.2, 0) is 4.79 Å². The van der Waals surface area contributed by atoms with E-state index in [-0.39, 0.29) is 12.0 Å². The molecular weight excluding hydrogens is 178 g/mol. The molecular formula is C11H21NO2. The predicted molar refractivity (Wildman–Crippen MR) is 56.2 cm³/mol. The zero-order valence-corrected chi connectivity index (χ0v) is 9.36. The topological polar surface area (TPSA) is 40.5 Å². The van der Waals surface area contributed by atoms with Gasteiger partial charge in [0.15, 0.2) is 0 Å². The Labute approximate surface area is 86.1 Å². The van der Waals surface area contributed by atoms with Crippen LogP contribution in [0, 0.1) is 11.8 Å². The highest BCUT2D eigenvalue weighted by Gasteiger charge is 2.34. The lowest BCUT2D eigenvalue weighted by Gasteiger charge is -2.33. The summed E-state index contributed by atoms with van der Waals surface area (Å²) in [5.41, 5.74) is 0. The average molecular weight is 199 g/mol. The van der Waals surface area contributed by atoms with Gasteiger partial charge >= 0.3 is 5.97 Å². The molecule has 1 fully saturated rings. The smallest absolute Gasteiger partial charge is 0.308 e. The molecule has 0 radical (unpaired) electrons. The predicted octanol–water partition coefficient (Wildman–Crippen LogP) is 1.83. The molecule has 3 heteroatoms. The zero-order chi connectivity index (χ0) is 10.7. The third kappa shape index (κ3) is 2.47. The molecule has 0 aliphatic carbocycles. The van der Waals surface area contributed by atoms with E-state index in [9.17, 15) is 9.90 Å². The van der Waals surface area contributed by atoms with Gasteiger partial charge in [-0.15, -0.1) is 0 Å². The van der Waals surface area contributed by atoms with E-state index in [1.54, 1.807) is 0 Å². The summed E-state index contributed by atoms with van der Waals surface area (Å²) < 4.78 is 0. The van der Waals surface area contributed by atoms with Gasteiger partial charge in [0, 0.05) is 6.04 Å². The number of carbonyl (C=O) groups is 1. The number of aliphatic carboxylic acids is 1. The number of hydrogen-bond acceptors (Lipinski definition) is 2. The maximum Gasteiger partial charge on any atom is 0.308 e. The highest BCUT2D eigenvalue weighted by Crippen LogP contribution is 2.27. The number of likely N-dealkylation sites (tertiary alicyclic amines) is 1. The van der Waals surface area contributed by atoms with Crippen LogP contribution in [0.3, 0.4) is 0 Å². The average Bonchev–Trinajstić information content (AvgIpc) is 2.26. The normalized spacial score (nSPS) is 30.3. The van der Waals surface area contributed by atoms with E-state index in [2.05, 4.69) is 18.7 Å². The van der Waals surface area contributed by atoms with Crippen molar-refractivity contribution in [3.8, 4) is 0 Å². The second-order valence-corrected chi connectivity index (χ2v) is 4.66. The number of carboxylic acid groups (broad SMARTS) is 1. The molecule has 1 rings (SSSR count). The lowest BCUT2D eigenvalue weighted by Crippen LogP contribution is -2.43. The molecule has 1 saturated heterocycles. The van der Waals surface area contributed by atoms with Crippen molar-refractivity contribution >= 4 is 5.97 Å². The van der Waals surface area contributed by atoms with Crippen molar-refractivity contribution in [1.82, 2.24) is 4.90 Å². The molecule has 1 aliphatic rings. The van der Waals surface area contributed by atoms with Crippen molar-refractivity contribution in [2.75, 3.05) is 13.6 Å². The van der Waals surface area contributed by atoms with Crippen molar-refractivity contribution in [2.24, 2.45) is 11.8 Å². The molecule has 0 aromatic carbocycles. The lowest BCUT2D eigenvalue weighted by atomic mass is 9.87. The van der Waals surface area contributed by atoms with Crippen LogP contribution in [0.1, 0.15) is 33.1 Å². The number of hydrogen-bond donors (Lipinski definition) is 1. The second-order valence-electron chi connectivity index (χ2n) is 4.66. The molecule has 0 aromatic heterocycles. The summed E-state index contributed by atoms with van der Waals surface area (Å²) in [4.78, 5) is 13.4. The van der Waals surface area contributed by atoms with Crippen molar-refractivity contribution in [2.45, 2.75) is 39.2 Å². The Morgan fingerprint density at radius 2 is 2.07 bits per heavy atom. The highest BCUT2D eigenvalue weighted by molar-refractivity contribution is 5.71. The van der Waals surface area contributed by atoms with Gasteiger partial charge in [0.25, 0.3) is 0 Å². The van der Waals surface area contributed by atoms with Crippen molar-refractivity contribution in [1.29, 1.82) is 0 Å². The SMILES string of the molecule is CC(C)[C@@H]1[C@@H](C(=O)O)CCCCN1C. The summed E-state index contributed by atoms with van der Waals surface area (Å²) in [5.74, 6) is -0.390. The van der Waals surface area contributed by atoms with Crippen LogP contribution in [0.25, 0.3) is 0 Å². The molecule has 0 bridgehead atoms. The fraction of sp³-hybridized carbons (Fsp3) is 0.909. The van der Waals surface area contributed by atoms with Crippen molar-refractivity contribution in [3.63, 3.8) is 0 Å². The van der Waals surface area contributed by atoms with E-state index in [1.807, 2.05) is 7.05 Å². The highest BCUT2D eigenvalue weighted by atomic mass is 16.4. The summed E-state index contributed by atoms with van der Waals surface area (Å²) in [7, 11) is 2.05. The Hall–Kier alpha value is -0.570. The van der Waals surface area contributed by atoms with E-state index >= 15 is 0 Å². The van der Waals surface area contributed by atoms with Gasteiger partial charge in [-0.3, -0.25) is 4.79 Å². The third-order valence-electron chi connectivity index (χ3n) is 3.20. The number of nitrogens with zero attached hydrogens (tertiary/aromatic N) is 1. The zero-order valence-electron chi connectivity index (χ0n) is 9.36. The summed E-state index contributed by atoms with van der Waals surface area (Å²) in [6.45, 7) is 5.26. The number of rotatable bonds is 2. The molecule has 1 aliphatic heterocycles. The standard InChI is InChI=1S/C11H21NO2/c1-8(2)10-9(11(13)14)6-4-5-7-12(10)3/h8-10H,4-7H2,1-3H3,(H,13,14)/t9-,10+/m0/s1. The molecule has 0 unspecified atom stereocenters. The minimum atomic E-state index is -0.627. The summed E-state index contributed by atoms with van der Waals surface area (Å²) >= 11 is 0. The first-order valence-corrected chi connectivity index (χ1v) is 5.47. The molecule has 0 saturated carbocycles. The minimum Gasteiger partial charge on any atom is -0.481 e. The monoisotopic (exact) mass is 199 g/mol. The maximum absolute atomic E-state index is 11.1. The summed E-state index contributed by atoms with van der Waals surface area (Å²) in [6.07, 6.45) is 3.01. The Kier molecular flexibility index (Phi) is 3.93.